The van der Waals surface area contributed by atoms with Crippen LogP contribution in [0.4, 0.5) is 5.69 Å². The van der Waals surface area contributed by atoms with Crippen molar-refractivity contribution in [1.29, 1.82) is 0 Å². The number of amides is 1. The molecular weight excluding hydrogens is 326 g/mol. The third kappa shape index (κ3) is 4.55. The maximum absolute atomic E-state index is 11.1. The van der Waals surface area contributed by atoms with Crippen LogP contribution in [0.3, 0.4) is 0 Å². The summed E-state index contributed by atoms with van der Waals surface area (Å²) >= 11 is 0. The van der Waals surface area contributed by atoms with Gasteiger partial charge in [0.2, 0.25) is 0 Å². The number of hydroxylamine groups is 1. The van der Waals surface area contributed by atoms with Gasteiger partial charge in [-0.3, -0.25) is 15.0 Å². The van der Waals surface area contributed by atoms with Gasteiger partial charge in [0.15, 0.2) is 0 Å². The molecular formula is C21H19N3O2. The molecule has 0 aliphatic heterocycles. The largest absolute Gasteiger partial charge is 0.380 e. The van der Waals surface area contributed by atoms with Crippen molar-refractivity contribution in [3.05, 3.63) is 90.1 Å². The molecule has 5 nitrogen and oxygen atoms in total. The highest BCUT2D eigenvalue weighted by molar-refractivity contribution is 5.91. The Labute approximate surface area is 152 Å². The molecule has 0 aliphatic carbocycles. The van der Waals surface area contributed by atoms with Crippen molar-refractivity contribution in [2.45, 2.75) is 6.54 Å². The molecule has 1 aromatic heterocycles. The highest BCUT2D eigenvalue weighted by Crippen LogP contribution is 2.19. The normalized spacial score (nSPS) is 10.7. The lowest BCUT2D eigenvalue weighted by atomic mass is 10.1. The Bertz CT molecular complexity index is 891. The summed E-state index contributed by atoms with van der Waals surface area (Å²) < 4.78 is 0. The fourth-order valence-corrected chi connectivity index (χ4v) is 2.51. The minimum atomic E-state index is -0.569. The molecule has 1 amide bonds. The molecule has 3 N–H and O–H groups in total. The number of nitrogens with one attached hydrogen (secondary N) is 2. The minimum Gasteiger partial charge on any atom is -0.380 e. The first kappa shape index (κ1) is 17.4. The molecule has 26 heavy (non-hydrogen) atoms. The summed E-state index contributed by atoms with van der Waals surface area (Å²) in [4.78, 5) is 15.7. The van der Waals surface area contributed by atoms with Gasteiger partial charge in [-0.2, -0.15) is 0 Å². The summed E-state index contributed by atoms with van der Waals surface area (Å²) in [5.41, 5.74) is 6.40. The van der Waals surface area contributed by atoms with E-state index in [0.717, 1.165) is 28.1 Å². The zero-order valence-electron chi connectivity index (χ0n) is 14.1. The Balaban J connectivity index is 1.68. The van der Waals surface area contributed by atoms with E-state index in [4.69, 9.17) is 5.21 Å². The zero-order chi connectivity index (χ0) is 18.2. The summed E-state index contributed by atoms with van der Waals surface area (Å²) in [6.07, 6.45) is 4.77. The van der Waals surface area contributed by atoms with Crippen molar-refractivity contribution in [1.82, 2.24) is 10.5 Å². The smallest absolute Gasteiger partial charge is 0.267 e. The average molecular weight is 345 g/mol. The van der Waals surface area contributed by atoms with Gasteiger partial charge < -0.3 is 5.32 Å². The lowest BCUT2D eigenvalue weighted by Crippen LogP contribution is -2.14. The molecule has 5 heteroatoms. The van der Waals surface area contributed by atoms with Crippen molar-refractivity contribution in [3.8, 4) is 11.3 Å². The summed E-state index contributed by atoms with van der Waals surface area (Å²) in [6.45, 7) is 0.610. The summed E-state index contributed by atoms with van der Waals surface area (Å²) in [5, 5.41) is 11.9. The Kier molecular flexibility index (Phi) is 5.75. The number of carbonyl (C=O) groups is 1. The van der Waals surface area contributed by atoms with E-state index in [1.165, 1.54) is 6.08 Å². The molecule has 0 spiro atoms. The van der Waals surface area contributed by atoms with Crippen molar-refractivity contribution in [2.75, 3.05) is 5.32 Å². The van der Waals surface area contributed by atoms with Crippen LogP contribution in [0.25, 0.3) is 17.3 Å². The van der Waals surface area contributed by atoms with Gasteiger partial charge in [-0.05, 0) is 29.3 Å². The lowest BCUT2D eigenvalue weighted by Gasteiger charge is -2.10. The van der Waals surface area contributed by atoms with E-state index in [1.807, 2.05) is 72.9 Å². The first-order chi connectivity index (χ1) is 12.8. The third-order valence-electron chi connectivity index (χ3n) is 3.86. The molecule has 0 saturated carbocycles. The highest BCUT2D eigenvalue weighted by Gasteiger charge is 2.02. The van der Waals surface area contributed by atoms with Gasteiger partial charge >= 0.3 is 0 Å². The van der Waals surface area contributed by atoms with Gasteiger partial charge in [0, 0.05) is 30.1 Å². The molecule has 0 saturated heterocycles. The van der Waals surface area contributed by atoms with Crippen LogP contribution in [0.15, 0.2) is 79.0 Å². The zero-order valence-corrected chi connectivity index (χ0v) is 14.1. The van der Waals surface area contributed by atoms with Crippen molar-refractivity contribution >= 4 is 17.7 Å². The second kappa shape index (κ2) is 8.60. The number of rotatable bonds is 6. The minimum absolute atomic E-state index is 0.569. The second-order valence-corrected chi connectivity index (χ2v) is 5.67. The molecule has 3 aromatic rings. The number of pyridine rings is 1. The molecule has 1 heterocycles. The van der Waals surface area contributed by atoms with Crippen LogP contribution in [0.2, 0.25) is 0 Å². The number of hydrogen-bond acceptors (Lipinski definition) is 4. The van der Waals surface area contributed by atoms with E-state index in [9.17, 15) is 4.79 Å². The number of para-hydroxylation sites is 1. The van der Waals surface area contributed by atoms with Gasteiger partial charge in [0.05, 0.1) is 5.69 Å². The van der Waals surface area contributed by atoms with E-state index in [0.29, 0.717) is 6.54 Å². The third-order valence-corrected chi connectivity index (χ3v) is 3.86. The Morgan fingerprint density at radius 2 is 1.77 bits per heavy atom. The van der Waals surface area contributed by atoms with Crippen LogP contribution in [0.5, 0.6) is 0 Å². The monoisotopic (exact) mass is 345 g/mol. The highest BCUT2D eigenvalue weighted by atomic mass is 16.5. The molecule has 3 rings (SSSR count). The summed E-state index contributed by atoms with van der Waals surface area (Å²) in [6, 6.07) is 21.7. The maximum atomic E-state index is 11.1. The Morgan fingerprint density at radius 3 is 2.50 bits per heavy atom. The SMILES string of the molecule is O=C(C=Cc1ccccc1NCc1ccc(-c2ccccc2)nc1)NO. The van der Waals surface area contributed by atoms with Crippen LogP contribution < -0.4 is 10.8 Å². The number of carbonyl (C=O) groups excluding carboxylic acids is 1. The van der Waals surface area contributed by atoms with E-state index in [1.54, 1.807) is 11.6 Å². The molecule has 0 unspecified atom stereocenters. The average Bonchev–Trinajstić information content (AvgIpc) is 2.72. The van der Waals surface area contributed by atoms with Crippen molar-refractivity contribution in [3.63, 3.8) is 0 Å². The van der Waals surface area contributed by atoms with E-state index in [2.05, 4.69) is 10.3 Å². The maximum Gasteiger partial charge on any atom is 0.267 e. The van der Waals surface area contributed by atoms with E-state index in [-0.39, 0.29) is 0 Å². The molecule has 2 aromatic carbocycles. The molecule has 0 aliphatic rings. The number of hydrogen-bond donors (Lipinski definition) is 3. The van der Waals surface area contributed by atoms with E-state index < -0.39 is 5.91 Å². The first-order valence-electron chi connectivity index (χ1n) is 8.21. The van der Waals surface area contributed by atoms with Crippen molar-refractivity contribution in [2.24, 2.45) is 0 Å². The van der Waals surface area contributed by atoms with Gasteiger partial charge in [0.1, 0.15) is 0 Å². The van der Waals surface area contributed by atoms with Crippen molar-refractivity contribution < 1.29 is 10.0 Å². The van der Waals surface area contributed by atoms with Gasteiger partial charge in [-0.25, -0.2) is 5.48 Å². The van der Waals surface area contributed by atoms with Crippen LogP contribution in [0, 0.1) is 0 Å². The van der Waals surface area contributed by atoms with Crippen LogP contribution in [-0.4, -0.2) is 16.1 Å². The first-order valence-corrected chi connectivity index (χ1v) is 8.21. The number of anilines is 1. The lowest BCUT2D eigenvalue weighted by molar-refractivity contribution is -0.124. The number of nitrogens with zero attached hydrogens (tertiary/aromatic N) is 1. The summed E-state index contributed by atoms with van der Waals surface area (Å²) in [5.74, 6) is -0.569. The molecule has 0 radical (unpaired) electrons. The second-order valence-electron chi connectivity index (χ2n) is 5.67. The summed E-state index contributed by atoms with van der Waals surface area (Å²) in [7, 11) is 0. The number of aromatic nitrogens is 1. The molecule has 0 atom stereocenters. The van der Waals surface area contributed by atoms with Crippen LogP contribution in [0.1, 0.15) is 11.1 Å². The Morgan fingerprint density at radius 1 is 1.00 bits per heavy atom. The molecule has 0 bridgehead atoms. The predicted molar refractivity (Wildman–Crippen MR) is 102 cm³/mol. The quantitative estimate of drug-likeness (QED) is 0.360. The molecule has 130 valence electrons. The van der Waals surface area contributed by atoms with Gasteiger partial charge in [-0.1, -0.05) is 54.6 Å². The van der Waals surface area contributed by atoms with E-state index >= 15 is 0 Å². The fourth-order valence-electron chi connectivity index (χ4n) is 2.51. The molecule has 0 fully saturated rings. The predicted octanol–water partition coefficient (Wildman–Crippen LogP) is 3.88. The van der Waals surface area contributed by atoms with Crippen LogP contribution >= 0.6 is 0 Å². The fraction of sp³-hybridized carbons (Fsp3) is 0.0476. The number of benzene rings is 2. The topological polar surface area (TPSA) is 74.2 Å². The van der Waals surface area contributed by atoms with Crippen LogP contribution in [-0.2, 0) is 11.3 Å². The van der Waals surface area contributed by atoms with Gasteiger partial charge in [0.25, 0.3) is 5.91 Å². The van der Waals surface area contributed by atoms with Gasteiger partial charge in [-0.15, -0.1) is 0 Å². The Hall–Kier alpha value is -3.44. The standard InChI is InChI=1S/C21H19N3O2/c25-21(24-26)13-11-18-8-4-5-9-19(18)22-14-16-10-12-20(23-15-16)17-6-2-1-3-7-17/h1-13,15,22,26H,14H2,(H,24,25).